The minimum Gasteiger partial charge on any atom is -0.464 e. The van der Waals surface area contributed by atoms with Crippen LogP contribution in [0.5, 0.6) is 0 Å². The first-order valence-electron chi connectivity index (χ1n) is 13.2. The number of thiophene rings is 1. The Morgan fingerprint density at radius 2 is 2.03 bits per heavy atom. The van der Waals surface area contributed by atoms with Crippen molar-refractivity contribution >= 4 is 32.5 Å². The van der Waals surface area contributed by atoms with Gasteiger partial charge in [-0.2, -0.15) is 0 Å². The minimum absolute atomic E-state index is 0.421. The van der Waals surface area contributed by atoms with E-state index in [1.807, 2.05) is 24.3 Å². The summed E-state index contributed by atoms with van der Waals surface area (Å²) in [6.45, 7) is 5.29. The molecule has 8 heteroatoms. The third-order valence-electron chi connectivity index (χ3n) is 7.10. The van der Waals surface area contributed by atoms with E-state index < -0.39 is 6.03 Å². The fraction of sp³-hybridized carbons (Fsp3) is 0.367. The van der Waals surface area contributed by atoms with Crippen LogP contribution >= 0.6 is 11.3 Å². The predicted molar refractivity (Wildman–Crippen MR) is 153 cm³/mol. The third kappa shape index (κ3) is 6.42. The number of nitrogens with zero attached hydrogens (tertiary/aromatic N) is 3. The largest absolute Gasteiger partial charge is 0.464 e. The van der Waals surface area contributed by atoms with E-state index in [4.69, 9.17) is 21.6 Å². The second-order valence-corrected chi connectivity index (χ2v) is 10.8. The summed E-state index contributed by atoms with van der Waals surface area (Å²) >= 11 is 1.55. The van der Waals surface area contributed by atoms with Crippen molar-refractivity contribution in [1.29, 1.82) is 0 Å². The molecule has 0 bridgehead atoms. The van der Waals surface area contributed by atoms with Crippen LogP contribution in [-0.2, 0) is 9.47 Å². The molecule has 1 aromatic heterocycles. The van der Waals surface area contributed by atoms with E-state index in [1.54, 1.807) is 28.8 Å². The van der Waals surface area contributed by atoms with E-state index in [2.05, 4.69) is 33.9 Å². The predicted octanol–water partition coefficient (Wildman–Crippen LogP) is 5.52. The smallest absolute Gasteiger partial charge is 0.319 e. The number of urea groups is 1. The molecule has 2 aromatic rings. The van der Waals surface area contributed by atoms with Gasteiger partial charge in [0.15, 0.2) is 6.26 Å². The van der Waals surface area contributed by atoms with Gasteiger partial charge in [-0.15, -0.1) is 17.8 Å². The van der Waals surface area contributed by atoms with Gasteiger partial charge < -0.3 is 20.1 Å². The first-order valence-corrected chi connectivity index (χ1v) is 14.0. The molecule has 198 valence electrons. The summed E-state index contributed by atoms with van der Waals surface area (Å²) in [5.74, 6) is 4.32. The molecule has 1 aliphatic carbocycles. The van der Waals surface area contributed by atoms with Crippen LogP contribution < -0.4 is 10.6 Å². The topological polar surface area (TPSA) is 71.3 Å². The summed E-state index contributed by atoms with van der Waals surface area (Å²) in [6.07, 6.45) is 20.2. The number of nitrogens with two attached hydrogens (primary N) is 1. The molecule has 2 aliphatic heterocycles. The van der Waals surface area contributed by atoms with Crippen LogP contribution in [-0.4, -0.2) is 55.1 Å². The van der Waals surface area contributed by atoms with E-state index in [0.717, 1.165) is 97.1 Å². The molecule has 0 atom stereocenters. The Bertz CT molecular complexity index is 1320. The SMILES string of the molecule is C#Cc1ccc2cc(N(CCCCN3CCN(C4=COC=C(CC5=CC=CCC5)O4)CC3)C(N)=O)sc2c1. The quantitative estimate of drug-likeness (QED) is 0.342. The van der Waals surface area contributed by atoms with Gasteiger partial charge in [0.1, 0.15) is 17.0 Å². The van der Waals surface area contributed by atoms with Crippen LogP contribution in [0.2, 0.25) is 0 Å². The van der Waals surface area contributed by atoms with Gasteiger partial charge in [-0.3, -0.25) is 9.80 Å². The fourth-order valence-electron chi connectivity index (χ4n) is 4.96. The van der Waals surface area contributed by atoms with Crippen LogP contribution in [0.25, 0.3) is 10.1 Å². The van der Waals surface area contributed by atoms with Gasteiger partial charge in [0.05, 0.1) is 0 Å². The lowest BCUT2D eigenvalue weighted by Crippen LogP contribution is -2.46. The lowest BCUT2D eigenvalue weighted by molar-refractivity contribution is 0.0747. The molecular formula is C30H34N4O3S. The van der Waals surface area contributed by atoms with Gasteiger partial charge in [-0.1, -0.05) is 35.8 Å². The second kappa shape index (κ2) is 12.2. The molecule has 5 rings (SSSR count). The Labute approximate surface area is 228 Å². The minimum atomic E-state index is -0.421. The molecule has 1 aromatic carbocycles. The van der Waals surface area contributed by atoms with Crippen molar-refractivity contribution in [3.8, 4) is 12.3 Å². The molecule has 2 N–H and O–H groups in total. The van der Waals surface area contributed by atoms with E-state index in [0.29, 0.717) is 6.54 Å². The number of terminal acetylenes is 1. The number of primary amides is 1. The number of fused-ring (bicyclic) bond motifs is 1. The number of benzene rings is 1. The molecule has 2 amide bonds. The van der Waals surface area contributed by atoms with Crippen LogP contribution in [0.3, 0.4) is 0 Å². The highest BCUT2D eigenvalue weighted by atomic mass is 32.1. The van der Waals surface area contributed by atoms with Crippen LogP contribution in [0.15, 0.2) is 72.2 Å². The lowest BCUT2D eigenvalue weighted by atomic mass is 10.0. The van der Waals surface area contributed by atoms with Gasteiger partial charge in [0, 0.05) is 49.4 Å². The Kier molecular flexibility index (Phi) is 8.37. The summed E-state index contributed by atoms with van der Waals surface area (Å²) in [7, 11) is 0. The highest BCUT2D eigenvalue weighted by molar-refractivity contribution is 7.23. The van der Waals surface area contributed by atoms with Gasteiger partial charge in [0.25, 0.3) is 0 Å². The monoisotopic (exact) mass is 530 g/mol. The normalized spacial score (nSPS) is 17.7. The molecule has 7 nitrogen and oxygen atoms in total. The molecule has 0 radical (unpaired) electrons. The summed E-state index contributed by atoms with van der Waals surface area (Å²) in [5, 5.41) is 1.93. The van der Waals surface area contributed by atoms with Crippen molar-refractivity contribution in [3.05, 3.63) is 77.8 Å². The molecule has 38 heavy (non-hydrogen) atoms. The number of hydrogen-bond donors (Lipinski definition) is 1. The van der Waals surface area contributed by atoms with Crippen LogP contribution in [0.1, 0.15) is 37.7 Å². The number of amides is 2. The zero-order valence-corrected chi connectivity index (χ0v) is 22.4. The maximum absolute atomic E-state index is 12.2. The highest BCUT2D eigenvalue weighted by Gasteiger charge is 2.23. The van der Waals surface area contributed by atoms with Gasteiger partial charge >= 0.3 is 6.03 Å². The average Bonchev–Trinajstić information content (AvgIpc) is 3.36. The molecule has 3 heterocycles. The molecule has 0 spiro atoms. The van der Waals surface area contributed by atoms with Crippen molar-refractivity contribution in [1.82, 2.24) is 9.80 Å². The molecule has 0 saturated carbocycles. The zero-order chi connectivity index (χ0) is 26.3. The van der Waals surface area contributed by atoms with Gasteiger partial charge in [-0.05, 0) is 55.8 Å². The van der Waals surface area contributed by atoms with Crippen molar-refractivity contribution in [3.63, 3.8) is 0 Å². The number of anilines is 1. The number of piperazine rings is 1. The Morgan fingerprint density at radius 1 is 1.16 bits per heavy atom. The number of unbranched alkanes of at least 4 members (excludes halogenated alkanes) is 1. The number of allylic oxidation sites excluding steroid dienone is 4. The summed E-state index contributed by atoms with van der Waals surface area (Å²) in [5.41, 5.74) is 7.93. The van der Waals surface area contributed by atoms with E-state index >= 15 is 0 Å². The second-order valence-electron chi connectivity index (χ2n) is 9.75. The van der Waals surface area contributed by atoms with Crippen molar-refractivity contribution in [2.45, 2.75) is 32.1 Å². The maximum Gasteiger partial charge on any atom is 0.319 e. The average molecular weight is 531 g/mol. The Hall–Kier alpha value is -3.67. The van der Waals surface area contributed by atoms with Crippen molar-refractivity contribution < 1.29 is 14.3 Å². The number of carbonyl (C=O) groups excluding carboxylic acids is 1. The van der Waals surface area contributed by atoms with E-state index in [9.17, 15) is 4.79 Å². The number of ether oxygens (including phenoxy) is 2. The molecule has 1 fully saturated rings. The Balaban J connectivity index is 1.05. The summed E-state index contributed by atoms with van der Waals surface area (Å²) < 4.78 is 12.8. The first kappa shape index (κ1) is 26.0. The number of hydrogen-bond acceptors (Lipinski definition) is 6. The fourth-order valence-corrected chi connectivity index (χ4v) is 6.09. The van der Waals surface area contributed by atoms with Crippen molar-refractivity contribution in [2.24, 2.45) is 5.73 Å². The number of rotatable bonds is 9. The lowest BCUT2D eigenvalue weighted by Gasteiger charge is -2.37. The van der Waals surface area contributed by atoms with Crippen LogP contribution in [0.4, 0.5) is 9.80 Å². The van der Waals surface area contributed by atoms with Gasteiger partial charge in [-0.25, -0.2) is 4.79 Å². The molecular weight excluding hydrogens is 496 g/mol. The maximum atomic E-state index is 12.2. The molecule has 0 unspecified atom stereocenters. The Morgan fingerprint density at radius 3 is 2.79 bits per heavy atom. The van der Waals surface area contributed by atoms with E-state index in [1.165, 1.54) is 5.57 Å². The summed E-state index contributed by atoms with van der Waals surface area (Å²) in [4.78, 5) is 18.6. The van der Waals surface area contributed by atoms with E-state index in [-0.39, 0.29) is 0 Å². The zero-order valence-electron chi connectivity index (χ0n) is 21.6. The van der Waals surface area contributed by atoms with Crippen molar-refractivity contribution in [2.75, 3.05) is 44.2 Å². The standard InChI is InChI=1S/C30H34N4O3S/c1-2-23-10-11-25-20-29(38-27(25)19-23)34(30(31)35)13-7-6-12-32-14-16-33(17-15-32)28-22-36-21-26(37-28)18-24-8-4-3-5-9-24/h1,3-4,8,10-11,19-22H,5-7,9,12-18H2,(H2,31,35). The highest BCUT2D eigenvalue weighted by Crippen LogP contribution is 2.33. The van der Waals surface area contributed by atoms with Crippen LogP contribution in [0, 0.1) is 12.3 Å². The third-order valence-corrected chi connectivity index (χ3v) is 8.22. The summed E-state index contributed by atoms with van der Waals surface area (Å²) in [6, 6.07) is 7.48. The first-order chi connectivity index (χ1) is 18.6. The molecule has 3 aliphatic rings. The number of carbonyl (C=O) groups is 1. The molecule has 1 saturated heterocycles. The van der Waals surface area contributed by atoms with Gasteiger partial charge in [0.2, 0.25) is 5.88 Å².